The van der Waals surface area contributed by atoms with Crippen molar-refractivity contribution < 1.29 is 9.90 Å². The fourth-order valence-corrected chi connectivity index (χ4v) is 3.09. The molecule has 5 heteroatoms. The molecule has 0 unspecified atom stereocenters. The number of carbonyl (C=O) groups is 1. The minimum atomic E-state index is -0.433. The quantitative estimate of drug-likeness (QED) is 0.847. The van der Waals surface area contributed by atoms with Crippen molar-refractivity contribution in [3.05, 3.63) is 35.6 Å². The van der Waals surface area contributed by atoms with Crippen molar-refractivity contribution in [1.82, 2.24) is 0 Å². The zero-order chi connectivity index (χ0) is 15.6. The second-order valence-electron chi connectivity index (χ2n) is 5.85. The molecule has 0 radical (unpaired) electrons. The van der Waals surface area contributed by atoms with Gasteiger partial charge in [0.1, 0.15) is 11.8 Å². The number of aliphatic hydroxyl groups is 1. The standard InChI is InChI=1S/C16H18N2O2S/c1-16(2,3)21-12-6-4-11(5-7-12)18-9-8-14(19)13(10-17)15(18)20/h4-7,19H,8-9H2,1-3H3. The summed E-state index contributed by atoms with van der Waals surface area (Å²) in [4.78, 5) is 14.8. The number of nitriles is 1. The number of anilines is 1. The van der Waals surface area contributed by atoms with Crippen LogP contribution in [0.2, 0.25) is 0 Å². The van der Waals surface area contributed by atoms with Crippen LogP contribution in [0.3, 0.4) is 0 Å². The van der Waals surface area contributed by atoms with Crippen LogP contribution in [0.25, 0.3) is 0 Å². The number of thioether (sulfide) groups is 1. The zero-order valence-corrected chi connectivity index (χ0v) is 13.2. The van der Waals surface area contributed by atoms with Gasteiger partial charge in [0.05, 0.1) is 0 Å². The highest BCUT2D eigenvalue weighted by Gasteiger charge is 2.28. The Kier molecular flexibility index (Phi) is 4.29. The number of nitrogens with zero attached hydrogens (tertiary/aromatic N) is 2. The molecule has 110 valence electrons. The molecule has 1 aromatic carbocycles. The minimum absolute atomic E-state index is 0.112. The van der Waals surface area contributed by atoms with E-state index in [1.807, 2.05) is 24.3 Å². The first kappa shape index (κ1) is 15.5. The summed E-state index contributed by atoms with van der Waals surface area (Å²) in [7, 11) is 0. The molecule has 1 aliphatic rings. The third-order valence-electron chi connectivity index (χ3n) is 3.00. The minimum Gasteiger partial charge on any atom is -0.511 e. The van der Waals surface area contributed by atoms with Crippen LogP contribution in [-0.2, 0) is 4.79 Å². The largest absolute Gasteiger partial charge is 0.511 e. The highest BCUT2D eigenvalue weighted by atomic mass is 32.2. The van der Waals surface area contributed by atoms with Crippen molar-refractivity contribution >= 4 is 23.4 Å². The number of hydrogen-bond donors (Lipinski definition) is 1. The number of amides is 1. The lowest BCUT2D eigenvalue weighted by Crippen LogP contribution is -2.37. The highest BCUT2D eigenvalue weighted by Crippen LogP contribution is 2.33. The van der Waals surface area contributed by atoms with Gasteiger partial charge in [0, 0.05) is 28.3 Å². The van der Waals surface area contributed by atoms with E-state index >= 15 is 0 Å². The second-order valence-corrected chi connectivity index (χ2v) is 7.75. The summed E-state index contributed by atoms with van der Waals surface area (Å²) < 4.78 is 0.130. The Labute approximate surface area is 129 Å². The van der Waals surface area contributed by atoms with Crippen LogP contribution in [0.4, 0.5) is 5.69 Å². The van der Waals surface area contributed by atoms with Crippen LogP contribution in [0.15, 0.2) is 40.5 Å². The number of benzene rings is 1. The average Bonchev–Trinajstić information content (AvgIpc) is 2.39. The van der Waals surface area contributed by atoms with Crippen LogP contribution in [0.1, 0.15) is 27.2 Å². The van der Waals surface area contributed by atoms with Gasteiger partial charge in [-0.25, -0.2) is 0 Å². The van der Waals surface area contributed by atoms with E-state index in [0.29, 0.717) is 13.0 Å². The van der Waals surface area contributed by atoms with Gasteiger partial charge in [0.2, 0.25) is 0 Å². The molecule has 1 aliphatic heterocycles. The van der Waals surface area contributed by atoms with E-state index in [4.69, 9.17) is 5.26 Å². The first-order chi connectivity index (χ1) is 9.81. The number of carbonyl (C=O) groups excluding carboxylic acids is 1. The molecule has 1 N–H and O–H groups in total. The van der Waals surface area contributed by atoms with Crippen LogP contribution in [0.5, 0.6) is 0 Å². The second kappa shape index (κ2) is 5.82. The highest BCUT2D eigenvalue weighted by molar-refractivity contribution is 8.00. The summed E-state index contributed by atoms with van der Waals surface area (Å²) in [6.07, 6.45) is 0.313. The molecular weight excluding hydrogens is 284 g/mol. The summed E-state index contributed by atoms with van der Waals surface area (Å²) in [5.74, 6) is -0.545. The Morgan fingerprint density at radius 3 is 2.43 bits per heavy atom. The first-order valence-electron chi connectivity index (χ1n) is 6.75. The summed E-state index contributed by atoms with van der Waals surface area (Å²) in [6.45, 7) is 6.83. The first-order valence-corrected chi connectivity index (χ1v) is 7.56. The maximum atomic E-state index is 12.2. The van der Waals surface area contributed by atoms with Crippen LogP contribution in [-0.4, -0.2) is 22.3 Å². The summed E-state index contributed by atoms with van der Waals surface area (Å²) >= 11 is 1.76. The maximum Gasteiger partial charge on any atom is 0.272 e. The molecular formula is C16H18N2O2S. The third-order valence-corrected chi connectivity index (χ3v) is 4.12. The van der Waals surface area contributed by atoms with Gasteiger partial charge in [0.25, 0.3) is 5.91 Å². The van der Waals surface area contributed by atoms with Crippen molar-refractivity contribution in [3.63, 3.8) is 0 Å². The molecule has 4 nitrogen and oxygen atoms in total. The van der Waals surface area contributed by atoms with E-state index in [2.05, 4.69) is 20.8 Å². The van der Waals surface area contributed by atoms with Gasteiger partial charge in [0.15, 0.2) is 5.57 Å². The normalized spacial score (nSPS) is 16.1. The van der Waals surface area contributed by atoms with E-state index in [0.717, 1.165) is 10.6 Å². The third kappa shape index (κ3) is 3.59. The lowest BCUT2D eigenvalue weighted by atomic mass is 10.1. The smallest absolute Gasteiger partial charge is 0.272 e. The molecule has 2 rings (SSSR count). The molecule has 0 saturated heterocycles. The molecule has 0 spiro atoms. The van der Waals surface area contributed by atoms with E-state index in [-0.39, 0.29) is 16.1 Å². The van der Waals surface area contributed by atoms with Gasteiger partial charge < -0.3 is 10.0 Å². The van der Waals surface area contributed by atoms with E-state index in [9.17, 15) is 9.90 Å². The molecule has 1 aromatic rings. The average molecular weight is 302 g/mol. The maximum absolute atomic E-state index is 12.2. The topological polar surface area (TPSA) is 64.3 Å². The predicted octanol–water partition coefficient (Wildman–Crippen LogP) is 3.65. The summed E-state index contributed by atoms with van der Waals surface area (Å²) in [5, 5.41) is 18.5. The van der Waals surface area contributed by atoms with Crippen molar-refractivity contribution in [1.29, 1.82) is 5.26 Å². The van der Waals surface area contributed by atoms with Gasteiger partial charge in [-0.3, -0.25) is 4.79 Å². The van der Waals surface area contributed by atoms with Crippen LogP contribution >= 0.6 is 11.8 Å². The van der Waals surface area contributed by atoms with Gasteiger partial charge in [-0.15, -0.1) is 11.8 Å². The molecule has 1 heterocycles. The summed E-state index contributed by atoms with van der Waals surface area (Å²) in [6, 6.07) is 9.49. The van der Waals surface area contributed by atoms with Crippen molar-refractivity contribution in [2.75, 3.05) is 11.4 Å². The molecule has 0 fully saturated rings. The van der Waals surface area contributed by atoms with Gasteiger partial charge in [-0.05, 0) is 24.3 Å². The molecule has 0 saturated carbocycles. The van der Waals surface area contributed by atoms with E-state index < -0.39 is 5.91 Å². The number of rotatable bonds is 2. The van der Waals surface area contributed by atoms with Crippen molar-refractivity contribution in [2.24, 2.45) is 0 Å². The van der Waals surface area contributed by atoms with Crippen LogP contribution < -0.4 is 4.90 Å². The van der Waals surface area contributed by atoms with Crippen LogP contribution in [0, 0.1) is 11.3 Å². The Morgan fingerprint density at radius 1 is 1.29 bits per heavy atom. The Morgan fingerprint density at radius 2 is 1.90 bits per heavy atom. The molecule has 0 aromatic heterocycles. The van der Waals surface area contributed by atoms with Gasteiger partial charge in [-0.1, -0.05) is 20.8 Å². The van der Waals surface area contributed by atoms with E-state index in [1.54, 1.807) is 17.8 Å². The number of hydrogen-bond acceptors (Lipinski definition) is 4. The van der Waals surface area contributed by atoms with Gasteiger partial charge in [-0.2, -0.15) is 5.26 Å². The fourth-order valence-electron chi connectivity index (χ4n) is 2.11. The number of aliphatic hydroxyl groups excluding tert-OH is 1. The molecule has 1 amide bonds. The molecule has 21 heavy (non-hydrogen) atoms. The lowest BCUT2D eigenvalue weighted by Gasteiger charge is -2.26. The molecule has 0 bridgehead atoms. The molecule has 0 atom stereocenters. The Bertz CT molecular complexity index is 621. The monoisotopic (exact) mass is 302 g/mol. The van der Waals surface area contributed by atoms with E-state index in [1.165, 1.54) is 4.90 Å². The lowest BCUT2D eigenvalue weighted by molar-refractivity contribution is -0.115. The SMILES string of the molecule is CC(C)(C)Sc1ccc(N2CCC(O)=C(C#N)C2=O)cc1. The van der Waals surface area contributed by atoms with Crippen molar-refractivity contribution in [3.8, 4) is 6.07 Å². The summed E-state index contributed by atoms with van der Waals surface area (Å²) in [5.41, 5.74) is 0.591. The predicted molar refractivity (Wildman–Crippen MR) is 84.3 cm³/mol. The Balaban J connectivity index is 2.21. The fraction of sp³-hybridized carbons (Fsp3) is 0.375. The zero-order valence-electron chi connectivity index (χ0n) is 12.4. The van der Waals surface area contributed by atoms with Gasteiger partial charge >= 0.3 is 0 Å². The Hall–Kier alpha value is -1.93. The molecule has 0 aliphatic carbocycles. The van der Waals surface area contributed by atoms with Crippen molar-refractivity contribution in [2.45, 2.75) is 36.8 Å².